The number of ether oxygens (including phenoxy) is 1. The Morgan fingerprint density at radius 1 is 1.30 bits per heavy atom. The Morgan fingerprint density at radius 2 is 2.05 bits per heavy atom. The summed E-state index contributed by atoms with van der Waals surface area (Å²) in [6.07, 6.45) is 2.87. The lowest BCUT2D eigenvalue weighted by atomic mass is 10.1. The largest absolute Gasteiger partial charge is 0.493 e. The van der Waals surface area contributed by atoms with E-state index in [-0.39, 0.29) is 5.75 Å². The van der Waals surface area contributed by atoms with E-state index in [9.17, 15) is 8.42 Å². The number of sulfone groups is 1. The first-order valence-electron chi connectivity index (χ1n) is 7.03. The maximum absolute atomic E-state index is 11.1. The van der Waals surface area contributed by atoms with Crippen molar-refractivity contribution >= 4 is 9.84 Å². The summed E-state index contributed by atoms with van der Waals surface area (Å²) in [5, 5.41) is 3.36. The standard InChI is InChI=1S/C15H25NO3S/c1-4-9-16-12-14-8-5-7-13(2)15(14)19-10-6-11-20(3,17)18/h5,7-8,16H,4,6,9-12H2,1-3H3. The molecule has 0 saturated heterocycles. The smallest absolute Gasteiger partial charge is 0.147 e. The maximum atomic E-state index is 11.1. The van der Waals surface area contributed by atoms with E-state index in [0.717, 1.165) is 36.4 Å². The lowest BCUT2D eigenvalue weighted by Crippen LogP contribution is -2.15. The van der Waals surface area contributed by atoms with Crippen LogP contribution < -0.4 is 10.1 Å². The van der Waals surface area contributed by atoms with E-state index in [4.69, 9.17) is 4.74 Å². The second kappa shape index (κ2) is 8.27. The van der Waals surface area contributed by atoms with Crippen LogP contribution in [0, 0.1) is 6.92 Å². The molecular weight excluding hydrogens is 274 g/mol. The highest BCUT2D eigenvalue weighted by molar-refractivity contribution is 7.90. The van der Waals surface area contributed by atoms with Crippen LogP contribution in [0.5, 0.6) is 5.75 Å². The van der Waals surface area contributed by atoms with Crippen LogP contribution in [-0.4, -0.2) is 33.6 Å². The van der Waals surface area contributed by atoms with Gasteiger partial charge in [0.05, 0.1) is 12.4 Å². The Labute approximate surface area is 122 Å². The van der Waals surface area contributed by atoms with Crippen molar-refractivity contribution in [2.24, 2.45) is 0 Å². The van der Waals surface area contributed by atoms with Crippen LogP contribution in [-0.2, 0) is 16.4 Å². The second-order valence-corrected chi connectivity index (χ2v) is 7.33. The van der Waals surface area contributed by atoms with Crippen molar-refractivity contribution in [1.29, 1.82) is 0 Å². The summed E-state index contributed by atoms with van der Waals surface area (Å²) >= 11 is 0. The van der Waals surface area contributed by atoms with Crippen molar-refractivity contribution in [2.75, 3.05) is 25.2 Å². The summed E-state index contributed by atoms with van der Waals surface area (Å²) in [6.45, 7) is 6.32. The van der Waals surface area contributed by atoms with E-state index in [1.54, 1.807) is 0 Å². The molecule has 0 bridgehead atoms. The van der Waals surface area contributed by atoms with E-state index in [1.165, 1.54) is 6.26 Å². The van der Waals surface area contributed by atoms with Crippen LogP contribution in [0.3, 0.4) is 0 Å². The van der Waals surface area contributed by atoms with Gasteiger partial charge in [0.1, 0.15) is 15.6 Å². The van der Waals surface area contributed by atoms with E-state index >= 15 is 0 Å². The van der Waals surface area contributed by atoms with Gasteiger partial charge in [0, 0.05) is 18.4 Å². The summed E-state index contributed by atoms with van der Waals surface area (Å²) < 4.78 is 28.0. The lowest BCUT2D eigenvalue weighted by Gasteiger charge is -2.14. The van der Waals surface area contributed by atoms with Gasteiger partial charge in [-0.05, 0) is 31.9 Å². The molecule has 0 aliphatic rings. The lowest BCUT2D eigenvalue weighted by molar-refractivity contribution is 0.311. The number of para-hydroxylation sites is 1. The molecule has 0 heterocycles. The maximum Gasteiger partial charge on any atom is 0.147 e. The Hall–Kier alpha value is -1.07. The summed E-state index contributed by atoms with van der Waals surface area (Å²) in [6, 6.07) is 6.07. The highest BCUT2D eigenvalue weighted by Gasteiger charge is 2.08. The normalized spacial score (nSPS) is 11.6. The zero-order valence-corrected chi connectivity index (χ0v) is 13.4. The van der Waals surface area contributed by atoms with Gasteiger partial charge in [-0.3, -0.25) is 0 Å². The Balaban J connectivity index is 2.58. The minimum atomic E-state index is -2.91. The molecule has 1 rings (SSSR count). The van der Waals surface area contributed by atoms with Crippen LogP contribution in [0.1, 0.15) is 30.9 Å². The molecule has 114 valence electrons. The monoisotopic (exact) mass is 299 g/mol. The second-order valence-electron chi connectivity index (χ2n) is 5.07. The molecule has 20 heavy (non-hydrogen) atoms. The fraction of sp³-hybridized carbons (Fsp3) is 0.600. The Bertz CT molecular complexity index is 512. The number of benzene rings is 1. The predicted octanol–water partition coefficient (Wildman–Crippen LogP) is 2.31. The highest BCUT2D eigenvalue weighted by atomic mass is 32.2. The molecule has 0 unspecified atom stereocenters. The van der Waals surface area contributed by atoms with Gasteiger partial charge >= 0.3 is 0 Å². The van der Waals surface area contributed by atoms with Gasteiger partial charge in [-0.25, -0.2) is 8.42 Å². The molecule has 1 aromatic carbocycles. The molecule has 0 spiro atoms. The number of hydrogen-bond donors (Lipinski definition) is 1. The first kappa shape index (κ1) is 17.0. The molecule has 1 N–H and O–H groups in total. The van der Waals surface area contributed by atoms with E-state index < -0.39 is 9.84 Å². The van der Waals surface area contributed by atoms with Crippen LogP contribution in [0.2, 0.25) is 0 Å². The van der Waals surface area contributed by atoms with Gasteiger partial charge in [0.15, 0.2) is 0 Å². The van der Waals surface area contributed by atoms with Crippen molar-refractivity contribution in [3.8, 4) is 5.75 Å². The predicted molar refractivity (Wildman–Crippen MR) is 83.0 cm³/mol. The zero-order chi connectivity index (χ0) is 15.0. The van der Waals surface area contributed by atoms with Crippen molar-refractivity contribution < 1.29 is 13.2 Å². The molecule has 0 aliphatic carbocycles. The fourth-order valence-corrected chi connectivity index (χ4v) is 2.60. The summed E-state index contributed by atoms with van der Waals surface area (Å²) in [5.41, 5.74) is 2.21. The zero-order valence-electron chi connectivity index (χ0n) is 12.6. The van der Waals surface area contributed by atoms with Crippen molar-refractivity contribution in [2.45, 2.75) is 33.2 Å². The molecule has 0 saturated carbocycles. The Kier molecular flexibility index (Phi) is 7.02. The van der Waals surface area contributed by atoms with Crippen LogP contribution in [0.15, 0.2) is 18.2 Å². The molecule has 4 nitrogen and oxygen atoms in total. The molecule has 0 fully saturated rings. The molecule has 5 heteroatoms. The van der Waals surface area contributed by atoms with Gasteiger partial charge in [0.25, 0.3) is 0 Å². The molecule has 0 amide bonds. The van der Waals surface area contributed by atoms with Crippen molar-refractivity contribution in [3.05, 3.63) is 29.3 Å². The molecular formula is C15H25NO3S. The number of rotatable bonds is 9. The number of nitrogens with one attached hydrogen (secondary N) is 1. The third-order valence-electron chi connectivity index (χ3n) is 2.94. The minimum absolute atomic E-state index is 0.169. The van der Waals surface area contributed by atoms with E-state index in [2.05, 4.69) is 12.2 Å². The van der Waals surface area contributed by atoms with Crippen LogP contribution >= 0.6 is 0 Å². The van der Waals surface area contributed by atoms with Gasteiger partial charge in [-0.1, -0.05) is 25.1 Å². The van der Waals surface area contributed by atoms with Gasteiger partial charge in [0.2, 0.25) is 0 Å². The molecule has 0 aromatic heterocycles. The quantitative estimate of drug-likeness (QED) is 0.711. The topological polar surface area (TPSA) is 55.4 Å². The summed E-state index contributed by atoms with van der Waals surface area (Å²) in [7, 11) is -2.91. The number of hydrogen-bond acceptors (Lipinski definition) is 4. The SMILES string of the molecule is CCCNCc1cccc(C)c1OCCCS(C)(=O)=O. The third kappa shape index (κ3) is 6.39. The fourth-order valence-electron chi connectivity index (χ4n) is 1.95. The van der Waals surface area contributed by atoms with Gasteiger partial charge in [-0.15, -0.1) is 0 Å². The highest BCUT2D eigenvalue weighted by Crippen LogP contribution is 2.23. The average molecular weight is 299 g/mol. The third-order valence-corrected chi connectivity index (χ3v) is 3.97. The first-order chi connectivity index (χ1) is 9.44. The summed E-state index contributed by atoms with van der Waals surface area (Å²) in [4.78, 5) is 0. The van der Waals surface area contributed by atoms with Gasteiger partial charge < -0.3 is 10.1 Å². The Morgan fingerprint density at radius 3 is 2.70 bits per heavy atom. The molecule has 0 atom stereocenters. The summed E-state index contributed by atoms with van der Waals surface area (Å²) in [5.74, 6) is 1.05. The molecule has 1 aromatic rings. The van der Waals surface area contributed by atoms with Crippen molar-refractivity contribution in [1.82, 2.24) is 5.32 Å². The van der Waals surface area contributed by atoms with E-state index in [0.29, 0.717) is 13.0 Å². The number of aryl methyl sites for hydroxylation is 1. The average Bonchev–Trinajstić information content (AvgIpc) is 2.36. The van der Waals surface area contributed by atoms with Crippen LogP contribution in [0.4, 0.5) is 0 Å². The first-order valence-corrected chi connectivity index (χ1v) is 9.10. The molecule has 0 radical (unpaired) electrons. The van der Waals surface area contributed by atoms with Crippen molar-refractivity contribution in [3.63, 3.8) is 0 Å². The van der Waals surface area contributed by atoms with Crippen LogP contribution in [0.25, 0.3) is 0 Å². The van der Waals surface area contributed by atoms with Gasteiger partial charge in [-0.2, -0.15) is 0 Å². The minimum Gasteiger partial charge on any atom is -0.493 e. The molecule has 0 aliphatic heterocycles. The van der Waals surface area contributed by atoms with E-state index in [1.807, 2.05) is 25.1 Å².